The third-order valence-electron chi connectivity index (χ3n) is 4.14. The third kappa shape index (κ3) is 3.54. The van der Waals surface area contributed by atoms with Crippen LogP contribution in [-0.4, -0.2) is 11.9 Å². The molecule has 1 heterocycles. The van der Waals surface area contributed by atoms with Gasteiger partial charge in [-0.25, -0.2) is 9.79 Å². The first-order chi connectivity index (χ1) is 12.3. The van der Waals surface area contributed by atoms with Gasteiger partial charge in [0.25, 0.3) is 0 Å². The minimum atomic E-state index is -4.36. The number of hydrogen-bond acceptors (Lipinski definition) is 3. The highest BCUT2D eigenvalue weighted by Gasteiger charge is 2.45. The molecule has 3 nitrogen and oxygen atoms in total. The molecule has 1 atom stereocenters. The van der Waals surface area contributed by atoms with E-state index in [0.29, 0.717) is 17.0 Å². The van der Waals surface area contributed by atoms with Gasteiger partial charge in [-0.2, -0.15) is 13.2 Å². The van der Waals surface area contributed by atoms with E-state index >= 15 is 0 Å². The van der Waals surface area contributed by atoms with E-state index in [-0.39, 0.29) is 6.42 Å². The summed E-state index contributed by atoms with van der Waals surface area (Å²) in [5.41, 5.74) is -0.546. The minimum absolute atomic E-state index is 0.244. The number of rotatable bonds is 4. The molecule has 134 valence electrons. The number of halogens is 3. The van der Waals surface area contributed by atoms with Crippen molar-refractivity contribution in [1.29, 1.82) is 0 Å². The highest BCUT2D eigenvalue weighted by molar-refractivity contribution is 5.99. The number of nitrogens with zero attached hydrogens (tertiary/aromatic N) is 1. The summed E-state index contributed by atoms with van der Waals surface area (Å²) in [5.74, 6) is -0.167. The molecule has 1 aliphatic rings. The number of carbonyl (C=O) groups is 1. The Balaban J connectivity index is 1.83. The van der Waals surface area contributed by atoms with E-state index in [1.54, 1.807) is 31.2 Å². The number of cyclic esters (lactones) is 1. The standard InChI is InChI=1S/C20H16F3NO2/c1-14-24-19(18(25)26-14,16-7-3-2-4-8-16)13-5-6-15-9-11-17(12-10-15)20(21,22)23/h2-12H,13H2,1H3/b6-5+/t19-/m1/s1. The number of hydrogen-bond donors (Lipinski definition) is 0. The highest BCUT2D eigenvalue weighted by Crippen LogP contribution is 2.36. The lowest BCUT2D eigenvalue weighted by Crippen LogP contribution is -2.30. The normalized spacial score (nSPS) is 20.3. The van der Waals surface area contributed by atoms with Gasteiger partial charge in [0.1, 0.15) is 0 Å². The van der Waals surface area contributed by atoms with Gasteiger partial charge in [0, 0.05) is 13.3 Å². The molecule has 1 aliphatic heterocycles. The highest BCUT2D eigenvalue weighted by atomic mass is 19.4. The molecule has 0 spiro atoms. The number of aliphatic imine (C=N–C) groups is 1. The zero-order chi connectivity index (χ0) is 18.8. The zero-order valence-electron chi connectivity index (χ0n) is 14.0. The summed E-state index contributed by atoms with van der Waals surface area (Å²) in [7, 11) is 0. The second kappa shape index (κ2) is 6.78. The topological polar surface area (TPSA) is 38.7 Å². The second-order valence-corrected chi connectivity index (χ2v) is 5.97. The molecular formula is C20H16F3NO2. The van der Waals surface area contributed by atoms with Crippen LogP contribution >= 0.6 is 0 Å². The van der Waals surface area contributed by atoms with Gasteiger partial charge in [-0.1, -0.05) is 54.6 Å². The number of carbonyl (C=O) groups excluding carboxylic acids is 1. The smallest absolute Gasteiger partial charge is 0.410 e. The van der Waals surface area contributed by atoms with Gasteiger partial charge in [0.05, 0.1) is 5.56 Å². The Labute approximate surface area is 148 Å². The number of alkyl halides is 3. The monoisotopic (exact) mass is 359 g/mol. The second-order valence-electron chi connectivity index (χ2n) is 5.97. The summed E-state index contributed by atoms with van der Waals surface area (Å²) in [4.78, 5) is 16.8. The fourth-order valence-corrected chi connectivity index (χ4v) is 2.85. The molecule has 0 amide bonds. The zero-order valence-corrected chi connectivity index (χ0v) is 14.0. The van der Waals surface area contributed by atoms with Crippen LogP contribution in [0.15, 0.2) is 65.7 Å². The molecule has 2 aromatic rings. The van der Waals surface area contributed by atoms with Crippen LogP contribution in [0.25, 0.3) is 6.08 Å². The fraction of sp³-hybridized carbons (Fsp3) is 0.200. The van der Waals surface area contributed by atoms with E-state index in [1.807, 2.05) is 18.2 Å². The van der Waals surface area contributed by atoms with Crippen molar-refractivity contribution in [2.45, 2.75) is 25.1 Å². The molecule has 0 saturated heterocycles. The van der Waals surface area contributed by atoms with Crippen molar-refractivity contribution >= 4 is 17.9 Å². The molecule has 0 fully saturated rings. The van der Waals surface area contributed by atoms with Gasteiger partial charge in [0.2, 0.25) is 0 Å². The molecule has 0 aliphatic carbocycles. The Morgan fingerprint density at radius 1 is 1.08 bits per heavy atom. The van der Waals surface area contributed by atoms with Gasteiger partial charge in [-0.3, -0.25) is 0 Å². The van der Waals surface area contributed by atoms with E-state index in [1.165, 1.54) is 12.1 Å². The molecule has 0 unspecified atom stereocenters. The van der Waals surface area contributed by atoms with E-state index in [9.17, 15) is 18.0 Å². The van der Waals surface area contributed by atoms with Crippen molar-refractivity contribution in [2.24, 2.45) is 4.99 Å². The largest absolute Gasteiger partial charge is 0.416 e. The first-order valence-corrected chi connectivity index (χ1v) is 7.99. The average molecular weight is 359 g/mol. The van der Waals surface area contributed by atoms with Gasteiger partial charge >= 0.3 is 12.1 Å². The van der Waals surface area contributed by atoms with Crippen LogP contribution in [-0.2, 0) is 21.2 Å². The summed E-state index contributed by atoms with van der Waals surface area (Å²) < 4.78 is 43.0. The molecule has 3 rings (SSSR count). The lowest BCUT2D eigenvalue weighted by molar-refractivity contribution is -0.139. The Hall–Kier alpha value is -2.89. The van der Waals surface area contributed by atoms with Gasteiger partial charge in [-0.15, -0.1) is 0 Å². The Morgan fingerprint density at radius 3 is 2.27 bits per heavy atom. The van der Waals surface area contributed by atoms with Crippen LogP contribution in [0, 0.1) is 0 Å². The lowest BCUT2D eigenvalue weighted by Gasteiger charge is -2.20. The average Bonchev–Trinajstić information content (AvgIpc) is 2.90. The van der Waals surface area contributed by atoms with E-state index in [4.69, 9.17) is 4.74 Å². The molecule has 6 heteroatoms. The van der Waals surface area contributed by atoms with E-state index in [0.717, 1.165) is 12.1 Å². The molecule has 2 aromatic carbocycles. The number of benzene rings is 2. The quantitative estimate of drug-likeness (QED) is 0.722. The molecular weight excluding hydrogens is 343 g/mol. The maximum absolute atomic E-state index is 12.6. The molecule has 0 bridgehead atoms. The molecule has 0 radical (unpaired) electrons. The van der Waals surface area contributed by atoms with Gasteiger partial charge in [-0.05, 0) is 23.3 Å². The Bertz CT molecular complexity index is 855. The van der Waals surface area contributed by atoms with Crippen LogP contribution in [0.2, 0.25) is 0 Å². The first kappa shape index (κ1) is 17.9. The van der Waals surface area contributed by atoms with Crippen LogP contribution in [0.1, 0.15) is 30.0 Å². The summed E-state index contributed by atoms with van der Waals surface area (Å²) in [5, 5.41) is 0. The number of esters is 1. The molecule has 0 N–H and O–H groups in total. The molecule has 0 saturated carbocycles. The van der Waals surface area contributed by atoms with Crippen molar-refractivity contribution in [2.75, 3.05) is 0 Å². The lowest BCUT2D eigenvalue weighted by atomic mass is 9.87. The Morgan fingerprint density at radius 2 is 1.73 bits per heavy atom. The maximum atomic E-state index is 12.6. The Kier molecular flexibility index (Phi) is 4.68. The molecule has 0 aromatic heterocycles. The summed E-state index contributed by atoms with van der Waals surface area (Å²) in [6.45, 7) is 1.61. The third-order valence-corrected chi connectivity index (χ3v) is 4.14. The van der Waals surface area contributed by atoms with Crippen LogP contribution in [0.3, 0.4) is 0 Å². The van der Waals surface area contributed by atoms with Crippen molar-refractivity contribution in [1.82, 2.24) is 0 Å². The number of ether oxygens (including phenoxy) is 1. The maximum Gasteiger partial charge on any atom is 0.416 e. The van der Waals surface area contributed by atoms with Crippen molar-refractivity contribution in [3.05, 3.63) is 77.4 Å². The van der Waals surface area contributed by atoms with Crippen LogP contribution < -0.4 is 0 Å². The van der Waals surface area contributed by atoms with Crippen molar-refractivity contribution in [3.8, 4) is 0 Å². The van der Waals surface area contributed by atoms with Crippen molar-refractivity contribution in [3.63, 3.8) is 0 Å². The van der Waals surface area contributed by atoms with Crippen LogP contribution in [0.5, 0.6) is 0 Å². The van der Waals surface area contributed by atoms with Gasteiger partial charge < -0.3 is 4.74 Å². The summed E-state index contributed by atoms with van der Waals surface area (Å²) in [6, 6.07) is 13.9. The predicted octanol–water partition coefficient (Wildman–Crippen LogP) is 4.98. The van der Waals surface area contributed by atoms with E-state index in [2.05, 4.69) is 4.99 Å². The van der Waals surface area contributed by atoms with Crippen LogP contribution in [0.4, 0.5) is 13.2 Å². The molecule has 26 heavy (non-hydrogen) atoms. The van der Waals surface area contributed by atoms with Gasteiger partial charge in [0.15, 0.2) is 11.4 Å². The summed E-state index contributed by atoms with van der Waals surface area (Å²) >= 11 is 0. The SMILES string of the molecule is CC1=N[C@](C/C=C/c2ccc(C(F)(F)F)cc2)(c2ccccc2)C(=O)O1. The summed E-state index contributed by atoms with van der Waals surface area (Å²) in [6.07, 6.45) is -0.728. The predicted molar refractivity (Wildman–Crippen MR) is 92.4 cm³/mol. The fourth-order valence-electron chi connectivity index (χ4n) is 2.85. The van der Waals surface area contributed by atoms with Crippen molar-refractivity contribution < 1.29 is 22.7 Å². The minimum Gasteiger partial charge on any atom is -0.410 e. The van der Waals surface area contributed by atoms with E-state index < -0.39 is 23.2 Å². The first-order valence-electron chi connectivity index (χ1n) is 7.99.